The fourth-order valence-corrected chi connectivity index (χ4v) is 13.2. The van der Waals surface area contributed by atoms with Crippen molar-refractivity contribution in [2.75, 3.05) is 27.6 Å². The normalized spacial score (nSPS) is 28.8. The van der Waals surface area contributed by atoms with Crippen molar-refractivity contribution in [1.29, 1.82) is 0 Å². The van der Waals surface area contributed by atoms with Gasteiger partial charge >= 0.3 is 29.8 Å². The van der Waals surface area contributed by atoms with Crippen molar-refractivity contribution in [3.63, 3.8) is 0 Å². The third kappa shape index (κ3) is 20.3. The molecular formula is C81H91NO23. The number of methoxy groups -OCH3 is 2. The quantitative estimate of drug-likeness (QED) is 0.0233. The SMILES string of the molecule is CCC1O[C@@H](O[C@H]2C(C(=O)OC)O[C@@H](O[C@H]3C(COC(C)=O)O[C@@H](O[C@H]4C(C(=O)OC)O[C@@H](OCN)C(OC(=O)c5ccccc5)[C@@H]4OCc4ccccc4)C(C)[C@@H]3OCc3ccccc3)C(OC(=O)c3ccccc3)[C@@H]2OCc2ccccc2)C(C)[C@H](OCc2ccccc2)[C@H]1OCc1ccccc1. The molecule has 20 atom stereocenters. The minimum Gasteiger partial charge on any atom is -0.467 e. The molecule has 7 aromatic rings. The second-order valence-corrected chi connectivity index (χ2v) is 25.8. The number of ether oxygens (including phenoxy) is 18. The van der Waals surface area contributed by atoms with Gasteiger partial charge in [0, 0.05) is 18.8 Å². The fourth-order valence-electron chi connectivity index (χ4n) is 13.2. The Morgan fingerprint density at radius 2 is 0.686 bits per heavy atom. The highest BCUT2D eigenvalue weighted by Gasteiger charge is 2.60. The van der Waals surface area contributed by atoms with Crippen LogP contribution in [0.2, 0.25) is 0 Å². The third-order valence-electron chi connectivity index (χ3n) is 18.7. The lowest BCUT2D eigenvalue weighted by Crippen LogP contribution is -2.68. The first kappa shape index (κ1) is 77.4. The summed E-state index contributed by atoms with van der Waals surface area (Å²) in [5.41, 5.74) is 10.3. The van der Waals surface area contributed by atoms with Gasteiger partial charge in [-0.05, 0) is 58.5 Å². The smallest absolute Gasteiger partial charge is 0.338 e. The molecule has 0 amide bonds. The first-order valence-electron chi connectivity index (χ1n) is 35.2. The summed E-state index contributed by atoms with van der Waals surface area (Å²) in [6.07, 6.45) is -24.3. The number of carbonyl (C=O) groups is 5. The molecule has 4 heterocycles. The molecule has 0 aliphatic carbocycles. The van der Waals surface area contributed by atoms with Crippen LogP contribution in [-0.2, 0) is 133 Å². The molecule has 11 rings (SSSR count). The number of esters is 5. The van der Waals surface area contributed by atoms with E-state index in [9.17, 15) is 19.2 Å². The van der Waals surface area contributed by atoms with Crippen LogP contribution in [0.4, 0.5) is 0 Å². The Kier molecular flexibility index (Phi) is 28.4. The monoisotopic (exact) mass is 1450 g/mol. The van der Waals surface area contributed by atoms with Crippen LogP contribution in [0.1, 0.15) is 82.6 Å². The van der Waals surface area contributed by atoms with E-state index in [1.165, 1.54) is 14.0 Å². The molecule has 0 radical (unpaired) electrons. The number of hydrogen-bond donors (Lipinski definition) is 1. The molecule has 558 valence electrons. The molecular weight excluding hydrogens is 1350 g/mol. The maximum absolute atomic E-state index is 15.0. The Morgan fingerprint density at radius 3 is 1.05 bits per heavy atom. The number of nitrogens with two attached hydrogens (primary N) is 1. The first-order chi connectivity index (χ1) is 51.2. The summed E-state index contributed by atoms with van der Waals surface area (Å²) in [5.74, 6) is -5.90. The summed E-state index contributed by atoms with van der Waals surface area (Å²) in [7, 11) is 2.35. The Hall–Kier alpha value is -8.67. The van der Waals surface area contributed by atoms with E-state index in [2.05, 4.69) is 0 Å². The molecule has 0 aromatic heterocycles. The molecule has 8 unspecified atom stereocenters. The predicted octanol–water partition coefficient (Wildman–Crippen LogP) is 9.94. The van der Waals surface area contributed by atoms with Gasteiger partial charge in [-0.1, -0.05) is 209 Å². The summed E-state index contributed by atoms with van der Waals surface area (Å²) in [4.78, 5) is 71.7. The van der Waals surface area contributed by atoms with Gasteiger partial charge in [0.25, 0.3) is 0 Å². The lowest BCUT2D eigenvalue weighted by Gasteiger charge is -2.51. The van der Waals surface area contributed by atoms with Crippen LogP contribution in [0.3, 0.4) is 0 Å². The zero-order valence-corrected chi connectivity index (χ0v) is 59.4. The van der Waals surface area contributed by atoms with E-state index >= 15 is 4.79 Å². The van der Waals surface area contributed by atoms with Crippen molar-refractivity contribution in [2.45, 2.75) is 178 Å². The molecule has 24 heteroatoms. The highest BCUT2D eigenvalue weighted by molar-refractivity contribution is 5.90. The summed E-state index contributed by atoms with van der Waals surface area (Å²) < 4.78 is 119. The molecule has 4 saturated heterocycles. The van der Waals surface area contributed by atoms with Crippen molar-refractivity contribution in [1.82, 2.24) is 0 Å². The Morgan fingerprint density at radius 1 is 0.362 bits per heavy atom. The molecule has 0 saturated carbocycles. The van der Waals surface area contributed by atoms with Crippen molar-refractivity contribution < 1.29 is 109 Å². The van der Waals surface area contributed by atoms with Crippen LogP contribution in [0.5, 0.6) is 0 Å². The van der Waals surface area contributed by atoms with Gasteiger partial charge in [-0.15, -0.1) is 0 Å². The average Bonchev–Trinajstić information content (AvgIpc) is 0.775. The van der Waals surface area contributed by atoms with E-state index < -0.39 is 166 Å². The maximum atomic E-state index is 15.0. The van der Waals surface area contributed by atoms with Gasteiger partial charge in [-0.2, -0.15) is 0 Å². The van der Waals surface area contributed by atoms with E-state index in [0.717, 1.165) is 18.2 Å². The average molecular weight is 1450 g/mol. The van der Waals surface area contributed by atoms with Crippen LogP contribution < -0.4 is 5.73 Å². The topological polar surface area (TPSA) is 278 Å². The second kappa shape index (κ2) is 38.6. The molecule has 0 spiro atoms. The maximum Gasteiger partial charge on any atom is 0.338 e. The number of carbonyl (C=O) groups excluding carboxylic acids is 5. The van der Waals surface area contributed by atoms with Gasteiger partial charge in [0.05, 0.1) is 83.4 Å². The number of rotatable bonds is 32. The molecule has 2 N–H and O–H groups in total. The lowest BCUT2D eigenvalue weighted by molar-refractivity contribution is -0.383. The zero-order chi connectivity index (χ0) is 73.6. The Bertz CT molecular complexity index is 3800. The third-order valence-corrected chi connectivity index (χ3v) is 18.7. The van der Waals surface area contributed by atoms with Gasteiger partial charge in [0.1, 0.15) is 49.3 Å². The fraction of sp³-hybridized carbons (Fsp3) is 0.420. The summed E-state index contributed by atoms with van der Waals surface area (Å²) in [6.45, 7) is 5.92. The lowest BCUT2D eigenvalue weighted by atomic mass is 9.89. The largest absolute Gasteiger partial charge is 0.467 e. The van der Waals surface area contributed by atoms with Crippen LogP contribution >= 0.6 is 0 Å². The molecule has 105 heavy (non-hydrogen) atoms. The zero-order valence-electron chi connectivity index (χ0n) is 59.4. The van der Waals surface area contributed by atoms with E-state index in [4.69, 9.17) is 91.0 Å². The molecule has 4 aliphatic rings. The van der Waals surface area contributed by atoms with E-state index in [-0.39, 0.29) is 44.2 Å². The van der Waals surface area contributed by atoms with Crippen LogP contribution in [0.15, 0.2) is 212 Å². The minimum absolute atomic E-state index is 0.0769. The molecule has 4 fully saturated rings. The molecule has 7 aromatic carbocycles. The van der Waals surface area contributed by atoms with Gasteiger partial charge in [-0.3, -0.25) is 4.79 Å². The van der Waals surface area contributed by atoms with Crippen molar-refractivity contribution in [2.24, 2.45) is 17.6 Å². The Labute approximate surface area is 610 Å². The van der Waals surface area contributed by atoms with E-state index in [0.29, 0.717) is 23.1 Å². The van der Waals surface area contributed by atoms with Gasteiger partial charge in [0.2, 0.25) is 0 Å². The van der Waals surface area contributed by atoms with Crippen LogP contribution in [0, 0.1) is 11.8 Å². The number of hydrogen-bond acceptors (Lipinski definition) is 24. The van der Waals surface area contributed by atoms with E-state index in [1.807, 2.05) is 166 Å². The first-order valence-corrected chi connectivity index (χ1v) is 35.2. The van der Waals surface area contributed by atoms with Gasteiger partial charge < -0.3 is 91.0 Å². The van der Waals surface area contributed by atoms with Crippen molar-refractivity contribution >= 4 is 29.8 Å². The predicted molar refractivity (Wildman–Crippen MR) is 375 cm³/mol. The highest BCUT2D eigenvalue weighted by Crippen LogP contribution is 2.42. The highest BCUT2D eigenvalue weighted by atomic mass is 16.8. The van der Waals surface area contributed by atoms with Crippen molar-refractivity contribution in [3.05, 3.63) is 251 Å². The van der Waals surface area contributed by atoms with E-state index in [1.54, 1.807) is 67.6 Å². The van der Waals surface area contributed by atoms with Gasteiger partial charge in [0.15, 0.2) is 49.6 Å². The minimum atomic E-state index is -1.83. The van der Waals surface area contributed by atoms with Gasteiger partial charge in [-0.25, -0.2) is 19.2 Å². The van der Waals surface area contributed by atoms with Crippen LogP contribution in [-0.4, -0.2) is 168 Å². The standard InChI is InChI=1S/C81H91NO23/c1-7-60-64(93-45-55-33-19-10-20-34-55)62(91-43-53-29-15-8-16-30-53)50(2)78(97-60)102-69-67(95-47-57-37-23-12-24-38-57)73(100-75(85)59-41-27-14-28-42-59)81(105-71(69)77(87)89-6)101-65-61(48-90-52(4)83)98-79(51(3)63(65)92-44-54-31-17-9-18-32-54)103-68-66(94-46-56-35-21-11-22-36-56)72(99-74(84)58-39-25-13-26-40-58)80(96-49-82)104-70(68)76(86)88-5/h8-42,50-51,60-73,78-81H,7,43-49,82H2,1-6H3/t50?,51?,60?,61?,62-,63-,64-,65-,66+,67+,68+,69+,70?,71?,72?,73?,78-,79-,80+,81+/m0/s1. The van der Waals surface area contributed by atoms with Crippen LogP contribution in [0.25, 0.3) is 0 Å². The molecule has 4 aliphatic heterocycles. The summed E-state index contributed by atoms with van der Waals surface area (Å²) >= 11 is 0. The number of benzene rings is 7. The summed E-state index contributed by atoms with van der Waals surface area (Å²) in [5, 5.41) is 0. The second-order valence-electron chi connectivity index (χ2n) is 25.8. The summed E-state index contributed by atoms with van der Waals surface area (Å²) in [6, 6.07) is 63.4. The molecule has 24 nitrogen and oxygen atoms in total. The Balaban J connectivity index is 0.994. The van der Waals surface area contributed by atoms with Crippen molar-refractivity contribution in [3.8, 4) is 0 Å². The molecule has 0 bridgehead atoms.